The van der Waals surface area contributed by atoms with E-state index in [1.807, 2.05) is 0 Å². The fraction of sp³-hybridized carbons (Fsp3) is 0.625. The van der Waals surface area contributed by atoms with Crippen molar-refractivity contribution in [2.24, 2.45) is 5.92 Å². The van der Waals surface area contributed by atoms with E-state index in [1.165, 1.54) is 43.2 Å². The highest BCUT2D eigenvalue weighted by atomic mass is 16.5. The zero-order valence-electron chi connectivity index (χ0n) is 11.8. The van der Waals surface area contributed by atoms with Crippen LogP contribution in [0.2, 0.25) is 0 Å². The van der Waals surface area contributed by atoms with Gasteiger partial charge in [-0.3, -0.25) is 0 Å². The molecule has 100 valence electrons. The predicted octanol–water partition coefficient (Wildman–Crippen LogP) is 3.19. The van der Waals surface area contributed by atoms with Gasteiger partial charge in [0.2, 0.25) is 0 Å². The van der Waals surface area contributed by atoms with Crippen LogP contribution in [0, 0.1) is 5.92 Å². The van der Waals surface area contributed by atoms with Crippen molar-refractivity contribution in [3.63, 3.8) is 0 Å². The molecule has 1 aromatic rings. The molecule has 2 nitrogen and oxygen atoms in total. The van der Waals surface area contributed by atoms with Gasteiger partial charge in [0.1, 0.15) is 5.75 Å². The Morgan fingerprint density at radius 3 is 2.89 bits per heavy atom. The second kappa shape index (κ2) is 6.24. The topological polar surface area (TPSA) is 21.3 Å². The molecule has 0 saturated carbocycles. The second-order valence-corrected chi connectivity index (χ2v) is 5.32. The van der Waals surface area contributed by atoms with Gasteiger partial charge in [0.25, 0.3) is 0 Å². The van der Waals surface area contributed by atoms with E-state index in [0.29, 0.717) is 6.04 Å². The van der Waals surface area contributed by atoms with Crippen LogP contribution in [0.25, 0.3) is 0 Å². The molecular weight excluding hydrogens is 222 g/mol. The molecule has 1 aliphatic rings. The SMILES string of the molecule is CCCC(NC)C1CCc2ccc(OC)cc2C1. The third-order valence-electron chi connectivity index (χ3n) is 4.22. The van der Waals surface area contributed by atoms with E-state index < -0.39 is 0 Å². The molecule has 2 heteroatoms. The summed E-state index contributed by atoms with van der Waals surface area (Å²) in [6.45, 7) is 2.27. The van der Waals surface area contributed by atoms with Crippen molar-refractivity contribution in [2.45, 2.75) is 45.1 Å². The Balaban J connectivity index is 2.12. The minimum Gasteiger partial charge on any atom is -0.497 e. The molecule has 0 fully saturated rings. The molecule has 0 aromatic heterocycles. The van der Waals surface area contributed by atoms with Crippen LogP contribution in [-0.2, 0) is 12.8 Å². The molecular formula is C16H25NO. The quantitative estimate of drug-likeness (QED) is 0.863. The van der Waals surface area contributed by atoms with Crippen LogP contribution in [0.3, 0.4) is 0 Å². The van der Waals surface area contributed by atoms with Crippen molar-refractivity contribution in [1.82, 2.24) is 5.32 Å². The summed E-state index contributed by atoms with van der Waals surface area (Å²) in [5.41, 5.74) is 3.00. The van der Waals surface area contributed by atoms with E-state index in [2.05, 4.69) is 37.5 Å². The summed E-state index contributed by atoms with van der Waals surface area (Å²) in [6, 6.07) is 7.20. The van der Waals surface area contributed by atoms with E-state index in [1.54, 1.807) is 7.11 Å². The molecule has 2 unspecified atom stereocenters. The first kappa shape index (κ1) is 13.4. The lowest BCUT2D eigenvalue weighted by Crippen LogP contribution is -2.36. The van der Waals surface area contributed by atoms with Gasteiger partial charge < -0.3 is 10.1 Å². The van der Waals surface area contributed by atoms with Crippen molar-refractivity contribution in [3.8, 4) is 5.75 Å². The highest BCUT2D eigenvalue weighted by Crippen LogP contribution is 2.31. The number of aryl methyl sites for hydroxylation is 1. The molecule has 1 aromatic carbocycles. The van der Waals surface area contributed by atoms with Crippen LogP contribution in [0.5, 0.6) is 5.75 Å². The fourth-order valence-corrected chi connectivity index (χ4v) is 3.16. The molecule has 1 aliphatic carbocycles. The lowest BCUT2D eigenvalue weighted by molar-refractivity contribution is 0.317. The van der Waals surface area contributed by atoms with Gasteiger partial charge in [-0.1, -0.05) is 19.4 Å². The lowest BCUT2D eigenvalue weighted by Gasteiger charge is -2.31. The van der Waals surface area contributed by atoms with Crippen LogP contribution in [0.4, 0.5) is 0 Å². The summed E-state index contributed by atoms with van der Waals surface area (Å²) in [6.07, 6.45) is 6.25. The van der Waals surface area contributed by atoms with Gasteiger partial charge in [0.15, 0.2) is 0 Å². The van der Waals surface area contributed by atoms with Gasteiger partial charge in [-0.15, -0.1) is 0 Å². The largest absolute Gasteiger partial charge is 0.497 e. The smallest absolute Gasteiger partial charge is 0.119 e. The van der Waals surface area contributed by atoms with Crippen molar-refractivity contribution in [1.29, 1.82) is 0 Å². The third-order valence-corrected chi connectivity index (χ3v) is 4.22. The van der Waals surface area contributed by atoms with Crippen LogP contribution in [0.1, 0.15) is 37.3 Å². The maximum atomic E-state index is 5.33. The van der Waals surface area contributed by atoms with Crippen LogP contribution in [0.15, 0.2) is 18.2 Å². The number of benzene rings is 1. The zero-order chi connectivity index (χ0) is 13.0. The summed E-state index contributed by atoms with van der Waals surface area (Å²) in [4.78, 5) is 0. The number of hydrogen-bond donors (Lipinski definition) is 1. The van der Waals surface area contributed by atoms with Gasteiger partial charge in [-0.2, -0.15) is 0 Å². The van der Waals surface area contributed by atoms with Crippen molar-refractivity contribution in [3.05, 3.63) is 29.3 Å². The summed E-state index contributed by atoms with van der Waals surface area (Å²) in [5, 5.41) is 3.50. The first-order chi connectivity index (χ1) is 8.78. The molecule has 0 amide bonds. The van der Waals surface area contributed by atoms with Crippen LogP contribution < -0.4 is 10.1 Å². The highest BCUT2D eigenvalue weighted by molar-refractivity contribution is 5.37. The summed E-state index contributed by atoms with van der Waals surface area (Å²) >= 11 is 0. The fourth-order valence-electron chi connectivity index (χ4n) is 3.16. The number of rotatable bonds is 5. The maximum Gasteiger partial charge on any atom is 0.119 e. The summed E-state index contributed by atoms with van der Waals surface area (Å²) in [5.74, 6) is 1.76. The van der Waals surface area contributed by atoms with E-state index in [-0.39, 0.29) is 0 Å². The Labute approximate surface area is 111 Å². The Hall–Kier alpha value is -1.02. The van der Waals surface area contributed by atoms with E-state index in [4.69, 9.17) is 4.74 Å². The lowest BCUT2D eigenvalue weighted by atomic mass is 9.79. The number of hydrogen-bond acceptors (Lipinski definition) is 2. The molecule has 0 bridgehead atoms. The Morgan fingerprint density at radius 1 is 1.39 bits per heavy atom. The van der Waals surface area contributed by atoms with Crippen molar-refractivity contribution < 1.29 is 4.74 Å². The number of ether oxygens (including phenoxy) is 1. The van der Waals surface area contributed by atoms with Gasteiger partial charge in [-0.05, 0) is 61.9 Å². The summed E-state index contributed by atoms with van der Waals surface area (Å²) in [7, 11) is 3.84. The minimum absolute atomic E-state index is 0.661. The molecule has 0 heterocycles. The molecule has 2 atom stereocenters. The van der Waals surface area contributed by atoms with E-state index >= 15 is 0 Å². The molecule has 2 rings (SSSR count). The van der Waals surface area contributed by atoms with Gasteiger partial charge >= 0.3 is 0 Å². The van der Waals surface area contributed by atoms with Crippen molar-refractivity contribution in [2.75, 3.05) is 14.2 Å². The zero-order valence-corrected chi connectivity index (χ0v) is 11.8. The molecule has 1 N–H and O–H groups in total. The van der Waals surface area contributed by atoms with Crippen LogP contribution in [-0.4, -0.2) is 20.2 Å². The van der Waals surface area contributed by atoms with Crippen LogP contribution >= 0.6 is 0 Å². The number of fused-ring (bicyclic) bond motifs is 1. The Morgan fingerprint density at radius 2 is 2.22 bits per heavy atom. The van der Waals surface area contributed by atoms with Crippen molar-refractivity contribution >= 4 is 0 Å². The predicted molar refractivity (Wildman–Crippen MR) is 76.3 cm³/mol. The van der Waals surface area contributed by atoms with E-state index in [0.717, 1.165) is 11.7 Å². The monoisotopic (exact) mass is 247 g/mol. The minimum atomic E-state index is 0.661. The van der Waals surface area contributed by atoms with Gasteiger partial charge in [0, 0.05) is 6.04 Å². The third kappa shape index (κ3) is 2.86. The molecule has 0 saturated heterocycles. The number of nitrogens with one attached hydrogen (secondary N) is 1. The average Bonchev–Trinajstić information content (AvgIpc) is 2.43. The molecule has 18 heavy (non-hydrogen) atoms. The highest BCUT2D eigenvalue weighted by Gasteiger charge is 2.24. The first-order valence-corrected chi connectivity index (χ1v) is 7.11. The second-order valence-electron chi connectivity index (χ2n) is 5.32. The molecule has 0 radical (unpaired) electrons. The van der Waals surface area contributed by atoms with E-state index in [9.17, 15) is 0 Å². The Kier molecular flexibility index (Phi) is 4.65. The first-order valence-electron chi connectivity index (χ1n) is 7.11. The standard InChI is InChI=1S/C16H25NO/c1-4-5-16(17-2)13-7-6-12-8-9-15(18-3)11-14(12)10-13/h8-9,11,13,16-17H,4-7,10H2,1-3H3. The van der Waals surface area contributed by atoms with Gasteiger partial charge in [-0.25, -0.2) is 0 Å². The maximum absolute atomic E-state index is 5.33. The average molecular weight is 247 g/mol. The summed E-state index contributed by atoms with van der Waals surface area (Å²) < 4.78 is 5.33. The molecule has 0 aliphatic heterocycles. The number of methoxy groups -OCH3 is 1. The molecule has 0 spiro atoms. The van der Waals surface area contributed by atoms with Gasteiger partial charge in [0.05, 0.1) is 7.11 Å². The normalized spacial score (nSPS) is 20.3. The Bertz CT molecular complexity index is 389.